The Kier molecular flexibility index (Phi) is 5.06. The molecule has 0 bridgehead atoms. The highest BCUT2D eigenvalue weighted by molar-refractivity contribution is 7.89. The number of hydrogen-bond acceptors (Lipinski definition) is 4. The molecule has 1 fully saturated rings. The van der Waals surface area contributed by atoms with Crippen molar-refractivity contribution in [2.24, 2.45) is 5.92 Å². The fraction of sp³-hybridized carbons (Fsp3) is 0.786. The number of sulfonamides is 1. The van der Waals surface area contributed by atoms with E-state index in [9.17, 15) is 8.42 Å². The maximum Gasteiger partial charge on any atom is 0.246 e. The van der Waals surface area contributed by atoms with Gasteiger partial charge in [0, 0.05) is 25.7 Å². The number of H-pyrrole nitrogens is 1. The lowest BCUT2D eigenvalue weighted by Crippen LogP contribution is -2.42. The minimum atomic E-state index is -3.39. The van der Waals surface area contributed by atoms with Crippen molar-refractivity contribution >= 4 is 10.0 Å². The first kappa shape index (κ1) is 16.5. The number of aromatic amines is 1. The SMILES string of the molecule is Cc1[nH]ncc1S(=O)(=O)N1CCC(CN(C)C(C)C)CC1. The molecule has 21 heavy (non-hydrogen) atoms. The first-order valence-corrected chi connectivity index (χ1v) is 8.96. The molecule has 1 saturated heterocycles. The summed E-state index contributed by atoms with van der Waals surface area (Å²) in [7, 11) is -1.26. The van der Waals surface area contributed by atoms with Gasteiger partial charge in [-0.15, -0.1) is 0 Å². The summed E-state index contributed by atoms with van der Waals surface area (Å²) in [6.07, 6.45) is 3.25. The predicted molar refractivity (Wildman–Crippen MR) is 82.6 cm³/mol. The second-order valence-electron chi connectivity index (χ2n) is 6.24. The van der Waals surface area contributed by atoms with Gasteiger partial charge in [-0.25, -0.2) is 8.42 Å². The summed E-state index contributed by atoms with van der Waals surface area (Å²) in [4.78, 5) is 2.63. The van der Waals surface area contributed by atoms with E-state index in [0.717, 1.165) is 19.4 Å². The molecule has 0 unspecified atom stereocenters. The van der Waals surface area contributed by atoms with Crippen molar-refractivity contribution < 1.29 is 8.42 Å². The number of nitrogens with one attached hydrogen (secondary N) is 1. The first-order chi connectivity index (χ1) is 9.82. The number of rotatable bonds is 5. The maximum atomic E-state index is 12.6. The van der Waals surface area contributed by atoms with Crippen molar-refractivity contribution in [3.63, 3.8) is 0 Å². The summed E-state index contributed by atoms with van der Waals surface area (Å²) < 4.78 is 26.7. The van der Waals surface area contributed by atoms with Gasteiger partial charge in [0.15, 0.2) is 0 Å². The van der Waals surface area contributed by atoms with Crippen LogP contribution in [0.4, 0.5) is 0 Å². The molecule has 120 valence electrons. The van der Waals surface area contributed by atoms with Crippen molar-refractivity contribution in [2.75, 3.05) is 26.7 Å². The van der Waals surface area contributed by atoms with Gasteiger partial charge < -0.3 is 4.90 Å². The van der Waals surface area contributed by atoms with Crippen LogP contribution in [0, 0.1) is 12.8 Å². The van der Waals surface area contributed by atoms with Gasteiger partial charge in [-0.05, 0) is 46.6 Å². The van der Waals surface area contributed by atoms with Crippen LogP contribution in [0.15, 0.2) is 11.1 Å². The van der Waals surface area contributed by atoms with Crippen LogP contribution < -0.4 is 0 Å². The zero-order valence-electron chi connectivity index (χ0n) is 13.3. The van der Waals surface area contributed by atoms with E-state index in [0.29, 0.717) is 35.6 Å². The van der Waals surface area contributed by atoms with Crippen LogP contribution in [0.5, 0.6) is 0 Å². The Morgan fingerprint density at radius 3 is 2.52 bits per heavy atom. The van der Waals surface area contributed by atoms with E-state index in [-0.39, 0.29) is 0 Å². The van der Waals surface area contributed by atoms with Crippen molar-refractivity contribution in [1.82, 2.24) is 19.4 Å². The highest BCUT2D eigenvalue weighted by Gasteiger charge is 2.31. The van der Waals surface area contributed by atoms with Gasteiger partial charge >= 0.3 is 0 Å². The fourth-order valence-corrected chi connectivity index (χ4v) is 4.28. The summed E-state index contributed by atoms with van der Waals surface area (Å²) in [5, 5.41) is 6.52. The van der Waals surface area contributed by atoms with E-state index in [1.54, 1.807) is 11.2 Å². The number of aryl methyl sites for hydroxylation is 1. The largest absolute Gasteiger partial charge is 0.304 e. The molecule has 2 rings (SSSR count). The highest BCUT2D eigenvalue weighted by atomic mass is 32.2. The van der Waals surface area contributed by atoms with Gasteiger partial charge in [-0.3, -0.25) is 5.10 Å². The van der Waals surface area contributed by atoms with Crippen LogP contribution in [-0.2, 0) is 10.0 Å². The van der Waals surface area contributed by atoms with E-state index in [2.05, 4.69) is 36.0 Å². The molecule has 1 aromatic heterocycles. The minimum absolute atomic E-state index is 0.306. The normalized spacial score (nSPS) is 18.8. The Morgan fingerprint density at radius 2 is 2.05 bits per heavy atom. The second kappa shape index (κ2) is 6.46. The van der Waals surface area contributed by atoms with Gasteiger partial charge in [-0.2, -0.15) is 9.40 Å². The summed E-state index contributed by atoms with van der Waals surface area (Å²) in [6, 6.07) is 0.528. The molecule has 2 heterocycles. The zero-order valence-corrected chi connectivity index (χ0v) is 14.2. The lowest BCUT2D eigenvalue weighted by atomic mass is 9.97. The first-order valence-electron chi connectivity index (χ1n) is 7.52. The number of nitrogens with zero attached hydrogens (tertiary/aromatic N) is 3. The Hall–Kier alpha value is -0.920. The fourth-order valence-electron chi connectivity index (χ4n) is 2.69. The molecule has 6 nitrogen and oxygen atoms in total. The van der Waals surface area contributed by atoms with E-state index in [1.807, 2.05) is 0 Å². The zero-order chi connectivity index (χ0) is 15.6. The van der Waals surface area contributed by atoms with Crippen LogP contribution in [-0.4, -0.2) is 60.5 Å². The molecule has 0 aliphatic carbocycles. The lowest BCUT2D eigenvalue weighted by molar-refractivity contribution is 0.182. The molecule has 0 atom stereocenters. The molecule has 1 aromatic rings. The maximum absolute atomic E-state index is 12.6. The van der Waals surface area contributed by atoms with E-state index in [4.69, 9.17) is 0 Å². The van der Waals surface area contributed by atoms with Crippen LogP contribution in [0.1, 0.15) is 32.4 Å². The van der Waals surface area contributed by atoms with E-state index in [1.165, 1.54) is 6.20 Å². The Bertz CT molecular complexity index is 559. The van der Waals surface area contributed by atoms with Crippen LogP contribution in [0.25, 0.3) is 0 Å². The number of aromatic nitrogens is 2. The molecule has 1 aliphatic rings. The van der Waals surface area contributed by atoms with Gasteiger partial charge in [0.1, 0.15) is 4.90 Å². The van der Waals surface area contributed by atoms with Crippen molar-refractivity contribution in [3.05, 3.63) is 11.9 Å². The summed E-state index contributed by atoms with van der Waals surface area (Å²) in [5.74, 6) is 0.578. The van der Waals surface area contributed by atoms with Gasteiger partial charge in [0.25, 0.3) is 0 Å². The standard InChI is InChI=1S/C14H26N4O2S/c1-11(2)17(4)10-13-5-7-18(8-6-13)21(19,20)14-9-15-16-12(14)3/h9,11,13H,5-8,10H2,1-4H3,(H,15,16). The minimum Gasteiger partial charge on any atom is -0.304 e. The molecule has 0 saturated carbocycles. The Morgan fingerprint density at radius 1 is 1.43 bits per heavy atom. The lowest BCUT2D eigenvalue weighted by Gasteiger charge is -2.34. The molecular formula is C14H26N4O2S. The second-order valence-corrected chi connectivity index (χ2v) is 8.15. The predicted octanol–water partition coefficient (Wildman–Crippen LogP) is 1.46. The molecule has 0 aromatic carbocycles. The summed E-state index contributed by atoms with van der Waals surface area (Å²) in [6.45, 7) is 8.34. The third-order valence-corrected chi connectivity index (χ3v) is 6.42. The van der Waals surface area contributed by atoms with Gasteiger partial charge in [-0.1, -0.05) is 0 Å². The monoisotopic (exact) mass is 314 g/mol. The van der Waals surface area contributed by atoms with Gasteiger partial charge in [0.05, 0.1) is 11.9 Å². The average molecular weight is 314 g/mol. The quantitative estimate of drug-likeness (QED) is 0.893. The smallest absolute Gasteiger partial charge is 0.246 e. The average Bonchev–Trinajstić information content (AvgIpc) is 2.86. The third kappa shape index (κ3) is 3.64. The molecule has 1 aliphatic heterocycles. The van der Waals surface area contributed by atoms with Crippen molar-refractivity contribution in [2.45, 2.75) is 44.6 Å². The molecular weight excluding hydrogens is 288 g/mol. The van der Waals surface area contributed by atoms with Crippen molar-refractivity contribution in [3.8, 4) is 0 Å². The number of piperidine rings is 1. The van der Waals surface area contributed by atoms with E-state index >= 15 is 0 Å². The summed E-state index contributed by atoms with van der Waals surface area (Å²) in [5.41, 5.74) is 0.608. The van der Waals surface area contributed by atoms with Crippen LogP contribution in [0.3, 0.4) is 0 Å². The molecule has 1 N–H and O–H groups in total. The molecule has 0 spiro atoms. The van der Waals surface area contributed by atoms with Crippen LogP contribution >= 0.6 is 0 Å². The molecule has 0 radical (unpaired) electrons. The Balaban J connectivity index is 1.97. The summed E-state index contributed by atoms with van der Waals surface area (Å²) >= 11 is 0. The van der Waals surface area contributed by atoms with Gasteiger partial charge in [0.2, 0.25) is 10.0 Å². The molecule has 7 heteroatoms. The highest BCUT2D eigenvalue weighted by Crippen LogP contribution is 2.25. The van der Waals surface area contributed by atoms with Crippen LogP contribution in [0.2, 0.25) is 0 Å². The Labute approximate surface area is 127 Å². The van der Waals surface area contributed by atoms with E-state index < -0.39 is 10.0 Å². The topological polar surface area (TPSA) is 69.3 Å². The molecule has 0 amide bonds. The van der Waals surface area contributed by atoms with Crippen molar-refractivity contribution in [1.29, 1.82) is 0 Å². The number of hydrogen-bond donors (Lipinski definition) is 1. The third-order valence-electron chi connectivity index (χ3n) is 4.40.